The molecule has 0 aliphatic rings. The number of hydrogen-bond acceptors (Lipinski definition) is 2. The first kappa shape index (κ1) is 10.4. The highest BCUT2D eigenvalue weighted by Crippen LogP contribution is 2.08. The summed E-state index contributed by atoms with van der Waals surface area (Å²) in [5.74, 6) is -0.537. The molecule has 0 saturated heterocycles. The topological polar surface area (TPSA) is 57.5 Å². The van der Waals surface area contributed by atoms with Gasteiger partial charge in [-0.1, -0.05) is 26.7 Å². The lowest BCUT2D eigenvalue weighted by molar-refractivity contribution is -0.147. The van der Waals surface area contributed by atoms with Crippen molar-refractivity contribution in [3.8, 4) is 0 Å². The van der Waals surface area contributed by atoms with Crippen LogP contribution >= 0.6 is 0 Å². The van der Waals surface area contributed by atoms with Crippen LogP contribution in [0, 0.1) is 5.92 Å². The van der Waals surface area contributed by atoms with E-state index in [9.17, 15) is 4.79 Å². The van der Waals surface area contributed by atoms with E-state index in [0.29, 0.717) is 12.3 Å². The van der Waals surface area contributed by atoms with Gasteiger partial charge in [-0.15, -0.1) is 0 Å². The van der Waals surface area contributed by atoms with Crippen molar-refractivity contribution in [3.05, 3.63) is 0 Å². The molecule has 0 amide bonds. The van der Waals surface area contributed by atoms with Gasteiger partial charge in [-0.25, -0.2) is 4.79 Å². The van der Waals surface area contributed by atoms with Crippen LogP contribution in [-0.2, 0) is 4.79 Å². The summed E-state index contributed by atoms with van der Waals surface area (Å²) >= 11 is 0. The molecule has 0 rings (SSSR count). The maximum atomic E-state index is 10.1. The van der Waals surface area contributed by atoms with Crippen molar-refractivity contribution in [1.82, 2.24) is 0 Å². The number of aliphatic carboxylic acids is 1. The molecule has 0 aliphatic carbocycles. The number of carboxylic acids is 1. The van der Waals surface area contributed by atoms with Crippen LogP contribution in [0.2, 0.25) is 0 Å². The van der Waals surface area contributed by atoms with E-state index in [4.69, 9.17) is 10.2 Å². The fourth-order valence-electron chi connectivity index (χ4n) is 0.843. The van der Waals surface area contributed by atoms with Gasteiger partial charge in [0.2, 0.25) is 0 Å². The smallest absolute Gasteiger partial charge is 0.332 e. The molecule has 66 valence electrons. The fourth-order valence-corrected chi connectivity index (χ4v) is 0.843. The van der Waals surface area contributed by atoms with Crippen LogP contribution in [0.1, 0.15) is 33.1 Å². The molecule has 1 atom stereocenters. The Morgan fingerprint density at radius 2 is 1.91 bits per heavy atom. The Kier molecular flexibility index (Phi) is 4.86. The summed E-state index contributed by atoms with van der Waals surface area (Å²) in [6, 6.07) is 0. The fraction of sp³-hybridized carbons (Fsp3) is 0.875. The van der Waals surface area contributed by atoms with Gasteiger partial charge in [-0.05, 0) is 12.3 Å². The molecule has 0 bridgehead atoms. The Labute approximate surface area is 67.0 Å². The highest BCUT2D eigenvalue weighted by Gasteiger charge is 2.11. The minimum atomic E-state index is -1.17. The zero-order chi connectivity index (χ0) is 8.85. The Morgan fingerprint density at radius 1 is 1.36 bits per heavy atom. The lowest BCUT2D eigenvalue weighted by Crippen LogP contribution is -2.19. The summed E-state index contributed by atoms with van der Waals surface area (Å²) < 4.78 is 0. The predicted molar refractivity (Wildman–Crippen MR) is 42.3 cm³/mol. The monoisotopic (exact) mass is 160 g/mol. The Balaban J connectivity index is 3.31. The van der Waals surface area contributed by atoms with Crippen LogP contribution in [-0.4, -0.2) is 22.3 Å². The Bertz CT molecular complexity index is 121. The van der Waals surface area contributed by atoms with Gasteiger partial charge in [0.05, 0.1) is 0 Å². The summed E-state index contributed by atoms with van der Waals surface area (Å²) in [5.41, 5.74) is 0. The van der Waals surface area contributed by atoms with E-state index in [-0.39, 0.29) is 0 Å². The van der Waals surface area contributed by atoms with Crippen molar-refractivity contribution in [2.75, 3.05) is 0 Å². The summed E-state index contributed by atoms with van der Waals surface area (Å²) in [6.07, 6.45) is 0.956. The molecule has 2 N–H and O–H groups in total. The normalized spacial score (nSPS) is 13.5. The van der Waals surface area contributed by atoms with Gasteiger partial charge in [-0.2, -0.15) is 0 Å². The van der Waals surface area contributed by atoms with Crippen LogP contribution in [0.25, 0.3) is 0 Å². The standard InChI is InChI=1S/C8H16O3/c1-6(2)4-3-5-7(9)8(10)11/h6-7,9H,3-5H2,1-2H3,(H,10,11). The van der Waals surface area contributed by atoms with Crippen molar-refractivity contribution in [1.29, 1.82) is 0 Å². The Morgan fingerprint density at radius 3 is 2.27 bits per heavy atom. The molecule has 3 nitrogen and oxygen atoms in total. The summed E-state index contributed by atoms with van der Waals surface area (Å²) in [5, 5.41) is 17.1. The number of carboxylic acid groups (broad SMARTS) is 1. The minimum absolute atomic E-state index is 0.369. The third-order valence-corrected chi connectivity index (χ3v) is 1.54. The summed E-state index contributed by atoms with van der Waals surface area (Å²) in [6.45, 7) is 4.15. The van der Waals surface area contributed by atoms with Crippen LogP contribution in [0.5, 0.6) is 0 Å². The number of hydrogen-bond donors (Lipinski definition) is 2. The first-order chi connectivity index (χ1) is 5.04. The summed E-state index contributed by atoms with van der Waals surface area (Å²) in [7, 11) is 0. The number of rotatable bonds is 5. The summed E-state index contributed by atoms with van der Waals surface area (Å²) in [4.78, 5) is 10.1. The molecule has 0 saturated carbocycles. The molecule has 0 heterocycles. The SMILES string of the molecule is CC(C)CCCC(O)C(=O)O. The molecule has 0 fully saturated rings. The van der Waals surface area contributed by atoms with Crippen LogP contribution in [0.15, 0.2) is 0 Å². The highest BCUT2D eigenvalue weighted by molar-refractivity contribution is 5.71. The molecular formula is C8H16O3. The van der Waals surface area contributed by atoms with Crippen molar-refractivity contribution in [3.63, 3.8) is 0 Å². The molecule has 3 heteroatoms. The molecule has 1 unspecified atom stereocenters. The van der Waals surface area contributed by atoms with Crippen LogP contribution in [0.3, 0.4) is 0 Å². The lowest BCUT2D eigenvalue weighted by Gasteiger charge is -2.06. The van der Waals surface area contributed by atoms with E-state index in [1.165, 1.54) is 0 Å². The number of carbonyl (C=O) groups is 1. The third kappa shape index (κ3) is 5.85. The minimum Gasteiger partial charge on any atom is -0.479 e. The van der Waals surface area contributed by atoms with Crippen molar-refractivity contribution >= 4 is 5.97 Å². The second-order valence-electron chi connectivity index (χ2n) is 3.18. The van der Waals surface area contributed by atoms with Crippen LogP contribution < -0.4 is 0 Å². The van der Waals surface area contributed by atoms with Crippen LogP contribution in [0.4, 0.5) is 0 Å². The molecule has 0 radical (unpaired) electrons. The van der Waals surface area contributed by atoms with Crippen molar-refractivity contribution in [2.45, 2.75) is 39.2 Å². The molecular weight excluding hydrogens is 144 g/mol. The van der Waals surface area contributed by atoms with Crippen molar-refractivity contribution < 1.29 is 15.0 Å². The van der Waals surface area contributed by atoms with Crippen molar-refractivity contribution in [2.24, 2.45) is 5.92 Å². The molecule has 11 heavy (non-hydrogen) atoms. The average Bonchev–Trinajstić information content (AvgIpc) is 1.86. The van der Waals surface area contributed by atoms with E-state index < -0.39 is 12.1 Å². The zero-order valence-electron chi connectivity index (χ0n) is 7.08. The van der Waals surface area contributed by atoms with Gasteiger partial charge in [0.25, 0.3) is 0 Å². The maximum absolute atomic E-state index is 10.1. The van der Waals surface area contributed by atoms with Gasteiger partial charge in [0.15, 0.2) is 6.10 Å². The van der Waals surface area contributed by atoms with Gasteiger partial charge in [0, 0.05) is 0 Å². The molecule has 0 aromatic heterocycles. The zero-order valence-corrected chi connectivity index (χ0v) is 7.08. The van der Waals surface area contributed by atoms with E-state index in [2.05, 4.69) is 13.8 Å². The number of aliphatic hydroxyl groups is 1. The lowest BCUT2D eigenvalue weighted by atomic mass is 10.0. The highest BCUT2D eigenvalue weighted by atomic mass is 16.4. The van der Waals surface area contributed by atoms with Gasteiger partial charge in [-0.3, -0.25) is 0 Å². The second-order valence-corrected chi connectivity index (χ2v) is 3.18. The first-order valence-corrected chi connectivity index (χ1v) is 3.95. The molecule has 0 aliphatic heterocycles. The first-order valence-electron chi connectivity index (χ1n) is 3.95. The quantitative estimate of drug-likeness (QED) is 0.636. The second kappa shape index (κ2) is 5.13. The van der Waals surface area contributed by atoms with E-state index in [0.717, 1.165) is 12.8 Å². The average molecular weight is 160 g/mol. The van der Waals surface area contributed by atoms with E-state index in [1.807, 2.05) is 0 Å². The Hall–Kier alpha value is -0.570. The van der Waals surface area contributed by atoms with E-state index >= 15 is 0 Å². The van der Waals surface area contributed by atoms with Gasteiger partial charge in [0.1, 0.15) is 0 Å². The molecule has 0 aromatic carbocycles. The maximum Gasteiger partial charge on any atom is 0.332 e. The van der Waals surface area contributed by atoms with E-state index in [1.54, 1.807) is 0 Å². The third-order valence-electron chi connectivity index (χ3n) is 1.54. The van der Waals surface area contributed by atoms with Gasteiger partial charge < -0.3 is 10.2 Å². The predicted octanol–water partition coefficient (Wildman–Crippen LogP) is 1.26. The molecule has 0 aromatic rings. The number of aliphatic hydroxyl groups excluding tert-OH is 1. The molecule has 0 spiro atoms. The van der Waals surface area contributed by atoms with Gasteiger partial charge >= 0.3 is 5.97 Å². The largest absolute Gasteiger partial charge is 0.479 e.